The van der Waals surface area contributed by atoms with E-state index in [2.05, 4.69) is 5.18 Å². The summed E-state index contributed by atoms with van der Waals surface area (Å²) >= 11 is 0. The van der Waals surface area contributed by atoms with Gasteiger partial charge in [-0.2, -0.15) is 0 Å². The average Bonchev–Trinajstić information content (AvgIpc) is 2.55. The molecule has 0 aromatic heterocycles. The molecule has 1 unspecified atom stereocenters. The Balaban J connectivity index is 3.70. The minimum absolute atomic E-state index is 0.0163. The van der Waals surface area contributed by atoms with E-state index < -0.39 is 28.5 Å². The van der Waals surface area contributed by atoms with Crippen LogP contribution < -0.4 is 0 Å². The third kappa shape index (κ3) is 5.10. The highest BCUT2D eigenvalue weighted by Crippen LogP contribution is 2.39. The molecule has 0 saturated heterocycles. The molecule has 2 N–H and O–H groups in total. The zero-order valence-corrected chi connectivity index (χ0v) is 16.9. The van der Waals surface area contributed by atoms with Crippen LogP contribution in [0.1, 0.15) is 60.8 Å². The molecular weight excluding hydrogens is 346 g/mol. The van der Waals surface area contributed by atoms with Gasteiger partial charge in [0.05, 0.1) is 5.57 Å². The summed E-state index contributed by atoms with van der Waals surface area (Å²) in [6, 6.07) is 0. The smallest absolute Gasteiger partial charge is 0.208 e. The lowest BCUT2D eigenvalue weighted by Crippen LogP contribution is -2.46. The molecule has 0 saturated carbocycles. The van der Waals surface area contributed by atoms with E-state index in [1.807, 2.05) is 27.7 Å². The third-order valence-corrected chi connectivity index (χ3v) is 4.29. The number of hydrogen-bond donors (Lipinski definition) is 2. The number of nitroso groups, excluding NO2 is 1. The van der Waals surface area contributed by atoms with Crippen molar-refractivity contribution in [3.05, 3.63) is 50.8 Å². The maximum absolute atomic E-state index is 13.0. The Morgan fingerprint density at radius 1 is 1.15 bits per heavy atom. The van der Waals surface area contributed by atoms with Crippen molar-refractivity contribution in [1.29, 1.82) is 0 Å². The molecular formula is C21H29NO5. The molecule has 0 spiro atoms. The molecule has 1 aliphatic rings. The van der Waals surface area contributed by atoms with Crippen LogP contribution in [0, 0.1) is 10.8 Å². The number of ketones is 2. The minimum atomic E-state index is -2.28. The molecule has 0 aliphatic heterocycles. The van der Waals surface area contributed by atoms with Crippen molar-refractivity contribution in [2.24, 2.45) is 11.1 Å². The Morgan fingerprint density at radius 2 is 1.70 bits per heavy atom. The number of Topliss-reactive ketones (excluding diaryl/α,β-unsaturated/α-hetero) is 2. The van der Waals surface area contributed by atoms with Crippen LogP contribution in [-0.2, 0) is 9.59 Å². The van der Waals surface area contributed by atoms with Crippen molar-refractivity contribution >= 4 is 11.6 Å². The lowest BCUT2D eigenvalue weighted by atomic mass is 9.76. The maximum Gasteiger partial charge on any atom is 0.208 e. The predicted molar refractivity (Wildman–Crippen MR) is 105 cm³/mol. The summed E-state index contributed by atoms with van der Waals surface area (Å²) in [7, 11) is 0. The molecule has 1 aliphatic carbocycles. The lowest BCUT2D eigenvalue weighted by Gasteiger charge is -2.32. The predicted octanol–water partition coefficient (Wildman–Crippen LogP) is 4.46. The highest BCUT2D eigenvalue weighted by Gasteiger charge is 2.49. The number of aliphatic hydroxyl groups excluding tert-OH is 1. The highest BCUT2D eigenvalue weighted by molar-refractivity contribution is 6.25. The van der Waals surface area contributed by atoms with E-state index in [1.54, 1.807) is 26.0 Å². The summed E-state index contributed by atoms with van der Waals surface area (Å²) in [6.45, 7) is 10.9. The SMILES string of the molecule is CC(C)=CCC1=C(O)C(O)(CC=C(C)C)C(=O)C(C(=O)CC(C)C)=C1N=O. The fourth-order valence-electron chi connectivity index (χ4n) is 2.81. The first kappa shape index (κ1) is 22.7. The van der Waals surface area contributed by atoms with Crippen molar-refractivity contribution in [3.8, 4) is 0 Å². The minimum Gasteiger partial charge on any atom is -0.508 e. The molecule has 27 heavy (non-hydrogen) atoms. The Kier molecular flexibility index (Phi) is 7.60. The molecule has 0 fully saturated rings. The summed E-state index contributed by atoms with van der Waals surface area (Å²) in [6.07, 6.45) is 3.27. The quantitative estimate of drug-likeness (QED) is 0.370. The van der Waals surface area contributed by atoms with Crippen molar-refractivity contribution in [2.45, 2.75) is 66.4 Å². The summed E-state index contributed by atoms with van der Waals surface area (Å²) in [5, 5.41) is 24.6. The normalized spacial score (nSPS) is 20.1. The topological polar surface area (TPSA) is 104 Å². The van der Waals surface area contributed by atoms with Crippen LogP contribution in [0.3, 0.4) is 0 Å². The van der Waals surface area contributed by atoms with Crippen LogP contribution in [-0.4, -0.2) is 27.4 Å². The van der Waals surface area contributed by atoms with Gasteiger partial charge in [0.1, 0.15) is 11.5 Å². The zero-order chi connectivity index (χ0) is 20.9. The first-order valence-corrected chi connectivity index (χ1v) is 9.03. The van der Waals surface area contributed by atoms with E-state index in [1.165, 1.54) is 0 Å². The van der Waals surface area contributed by atoms with Gasteiger partial charge in [0, 0.05) is 18.4 Å². The Labute approximate surface area is 160 Å². The van der Waals surface area contributed by atoms with E-state index in [-0.39, 0.29) is 36.5 Å². The van der Waals surface area contributed by atoms with Gasteiger partial charge in [-0.1, -0.05) is 37.1 Å². The Morgan fingerprint density at radius 3 is 2.15 bits per heavy atom. The number of aliphatic hydroxyl groups is 2. The first-order valence-electron chi connectivity index (χ1n) is 9.03. The largest absolute Gasteiger partial charge is 0.508 e. The third-order valence-electron chi connectivity index (χ3n) is 4.29. The van der Waals surface area contributed by atoms with Crippen molar-refractivity contribution in [2.75, 3.05) is 0 Å². The molecule has 0 heterocycles. The molecule has 6 nitrogen and oxygen atoms in total. The van der Waals surface area contributed by atoms with Crippen LogP contribution in [0.2, 0.25) is 0 Å². The summed E-state index contributed by atoms with van der Waals surface area (Å²) < 4.78 is 0. The second kappa shape index (κ2) is 9.04. The van der Waals surface area contributed by atoms with Crippen LogP contribution in [0.4, 0.5) is 0 Å². The standard InChI is InChI=1S/C21H29NO5/c1-12(2)7-8-15-18(22-27)17(16(23)11-14(5)6)20(25)21(26,19(15)24)10-9-13(3)4/h7,9,14,24,26H,8,10-11H2,1-6H3. The Bertz CT molecular complexity index is 759. The van der Waals surface area contributed by atoms with Crippen molar-refractivity contribution in [1.82, 2.24) is 0 Å². The van der Waals surface area contributed by atoms with Gasteiger partial charge in [0.15, 0.2) is 11.4 Å². The van der Waals surface area contributed by atoms with Gasteiger partial charge in [0.25, 0.3) is 0 Å². The summed E-state index contributed by atoms with van der Waals surface area (Å²) in [5.74, 6) is -2.18. The van der Waals surface area contributed by atoms with Gasteiger partial charge >= 0.3 is 0 Å². The maximum atomic E-state index is 13.0. The summed E-state index contributed by atoms with van der Waals surface area (Å²) in [5.41, 5.74) is -1.30. The van der Waals surface area contributed by atoms with E-state index in [0.717, 1.165) is 11.1 Å². The van der Waals surface area contributed by atoms with E-state index >= 15 is 0 Å². The molecule has 0 aromatic rings. The first-order chi connectivity index (χ1) is 12.5. The fourth-order valence-corrected chi connectivity index (χ4v) is 2.81. The number of rotatable bonds is 8. The number of carbonyl (C=O) groups excluding carboxylic acids is 2. The van der Waals surface area contributed by atoms with Gasteiger partial charge in [0.2, 0.25) is 5.78 Å². The van der Waals surface area contributed by atoms with Gasteiger partial charge < -0.3 is 10.2 Å². The van der Waals surface area contributed by atoms with Gasteiger partial charge in [-0.25, -0.2) is 0 Å². The van der Waals surface area contributed by atoms with Crippen molar-refractivity contribution in [3.63, 3.8) is 0 Å². The molecule has 0 radical (unpaired) electrons. The van der Waals surface area contributed by atoms with Crippen LogP contribution in [0.5, 0.6) is 0 Å². The van der Waals surface area contributed by atoms with Gasteiger partial charge in [-0.15, -0.1) is 4.91 Å². The number of hydrogen-bond acceptors (Lipinski definition) is 6. The molecule has 0 amide bonds. The molecule has 1 atom stereocenters. The van der Waals surface area contributed by atoms with Crippen LogP contribution in [0.15, 0.2) is 51.1 Å². The molecule has 0 aromatic carbocycles. The zero-order valence-electron chi connectivity index (χ0n) is 16.9. The molecule has 148 valence electrons. The molecule has 6 heteroatoms. The van der Waals surface area contributed by atoms with E-state index in [0.29, 0.717) is 0 Å². The van der Waals surface area contributed by atoms with Gasteiger partial charge in [-0.05, 0) is 45.2 Å². The number of nitrogens with zero attached hydrogens (tertiary/aromatic N) is 1. The van der Waals surface area contributed by atoms with Crippen molar-refractivity contribution < 1.29 is 19.8 Å². The van der Waals surface area contributed by atoms with Gasteiger partial charge in [-0.3, -0.25) is 9.59 Å². The number of carbonyl (C=O) groups is 2. The average molecular weight is 375 g/mol. The molecule has 0 bridgehead atoms. The second-order valence-electron chi connectivity index (χ2n) is 7.82. The lowest BCUT2D eigenvalue weighted by molar-refractivity contribution is -0.134. The van der Waals surface area contributed by atoms with Crippen LogP contribution in [0.25, 0.3) is 0 Å². The van der Waals surface area contributed by atoms with Crippen LogP contribution >= 0.6 is 0 Å². The number of allylic oxidation sites excluding steroid dienone is 4. The van der Waals surface area contributed by atoms with E-state index in [9.17, 15) is 24.7 Å². The molecule has 1 rings (SSSR count). The monoisotopic (exact) mass is 375 g/mol. The second-order valence-corrected chi connectivity index (χ2v) is 7.82. The van der Waals surface area contributed by atoms with E-state index in [4.69, 9.17) is 0 Å². The fraction of sp³-hybridized carbons (Fsp3) is 0.524. The summed E-state index contributed by atoms with van der Waals surface area (Å²) in [4.78, 5) is 37.2. The highest BCUT2D eigenvalue weighted by atomic mass is 16.3. The Hall–Kier alpha value is -2.34.